The highest BCUT2D eigenvalue weighted by molar-refractivity contribution is 9.10. The van der Waals surface area contributed by atoms with E-state index in [1.807, 2.05) is 0 Å². The molecule has 5 nitrogen and oxygen atoms in total. The van der Waals surface area contributed by atoms with Gasteiger partial charge in [-0.2, -0.15) is 0 Å². The second kappa shape index (κ2) is 5.35. The summed E-state index contributed by atoms with van der Waals surface area (Å²) in [5.41, 5.74) is 0.465. The third-order valence-corrected chi connectivity index (χ3v) is 2.81. The van der Waals surface area contributed by atoms with Gasteiger partial charge in [0.25, 0.3) is 5.91 Å². The third kappa shape index (κ3) is 3.33. The van der Waals surface area contributed by atoms with Gasteiger partial charge in [-0.3, -0.25) is 9.59 Å². The van der Waals surface area contributed by atoms with Crippen molar-refractivity contribution in [2.45, 2.75) is 19.9 Å². The summed E-state index contributed by atoms with van der Waals surface area (Å²) in [5.74, 6) is -1.30. The van der Waals surface area contributed by atoms with Crippen molar-refractivity contribution < 1.29 is 14.7 Å². The van der Waals surface area contributed by atoms with Crippen LogP contribution in [0.2, 0.25) is 0 Å². The van der Waals surface area contributed by atoms with E-state index in [2.05, 4.69) is 15.9 Å². The second-order valence-electron chi connectivity index (χ2n) is 4.08. The lowest BCUT2D eigenvalue weighted by atomic mass is 10.2. The van der Waals surface area contributed by atoms with Gasteiger partial charge in [0.1, 0.15) is 12.2 Å². The van der Waals surface area contributed by atoms with Crippen molar-refractivity contribution in [2.75, 3.05) is 6.54 Å². The van der Waals surface area contributed by atoms with E-state index in [-0.39, 0.29) is 18.5 Å². The van der Waals surface area contributed by atoms with E-state index in [1.165, 1.54) is 4.90 Å². The van der Waals surface area contributed by atoms with Gasteiger partial charge in [-0.1, -0.05) is 0 Å². The number of halogens is 1. The Kier molecular flexibility index (Phi) is 4.34. The number of carbonyl (C=O) groups excluding carboxylic acids is 1. The van der Waals surface area contributed by atoms with Gasteiger partial charge >= 0.3 is 5.97 Å². The summed E-state index contributed by atoms with van der Waals surface area (Å²) in [5, 5.41) is 8.79. The van der Waals surface area contributed by atoms with Crippen LogP contribution in [0.5, 0.6) is 0 Å². The molecule has 0 unspecified atom stereocenters. The number of aliphatic carboxylic acids is 1. The Bertz CT molecular complexity index is 440. The maximum absolute atomic E-state index is 12.2. The van der Waals surface area contributed by atoms with Crippen LogP contribution in [-0.4, -0.2) is 39.0 Å². The van der Waals surface area contributed by atoms with Gasteiger partial charge in [0.2, 0.25) is 0 Å². The molecule has 0 bridgehead atoms. The van der Waals surface area contributed by atoms with Gasteiger partial charge in [-0.25, -0.2) is 0 Å². The Morgan fingerprint density at radius 1 is 1.53 bits per heavy atom. The fraction of sp³-hybridized carbons (Fsp3) is 0.455. The molecule has 94 valence electrons. The monoisotopic (exact) mass is 302 g/mol. The Balaban J connectivity index is 2.99. The minimum absolute atomic E-state index is 0.160. The van der Waals surface area contributed by atoms with Crippen LogP contribution in [0.4, 0.5) is 0 Å². The van der Waals surface area contributed by atoms with E-state index in [9.17, 15) is 9.59 Å². The first kappa shape index (κ1) is 13.8. The van der Waals surface area contributed by atoms with E-state index in [1.54, 1.807) is 37.7 Å². The summed E-state index contributed by atoms with van der Waals surface area (Å²) >= 11 is 3.28. The largest absolute Gasteiger partial charge is 0.480 e. The van der Waals surface area contributed by atoms with E-state index in [0.29, 0.717) is 5.69 Å². The molecule has 1 heterocycles. The van der Waals surface area contributed by atoms with E-state index in [4.69, 9.17) is 5.11 Å². The zero-order valence-corrected chi connectivity index (χ0v) is 11.6. The predicted molar refractivity (Wildman–Crippen MR) is 66.9 cm³/mol. The molecule has 17 heavy (non-hydrogen) atoms. The average Bonchev–Trinajstić information content (AvgIpc) is 2.52. The number of amides is 1. The number of aryl methyl sites for hydroxylation is 1. The van der Waals surface area contributed by atoms with Gasteiger partial charge < -0.3 is 14.6 Å². The molecule has 1 aromatic heterocycles. The number of carboxylic acids is 1. The molecule has 0 aliphatic carbocycles. The summed E-state index contributed by atoms with van der Waals surface area (Å²) in [4.78, 5) is 24.2. The fourth-order valence-electron chi connectivity index (χ4n) is 1.52. The van der Waals surface area contributed by atoms with Crippen LogP contribution in [0.15, 0.2) is 16.7 Å². The smallest absolute Gasteiger partial charge is 0.323 e. The van der Waals surface area contributed by atoms with Crippen LogP contribution >= 0.6 is 15.9 Å². The van der Waals surface area contributed by atoms with Crippen molar-refractivity contribution in [3.8, 4) is 0 Å². The van der Waals surface area contributed by atoms with Crippen molar-refractivity contribution in [1.82, 2.24) is 9.47 Å². The number of carboxylic acid groups (broad SMARTS) is 1. The fourth-order valence-corrected chi connectivity index (χ4v) is 2.04. The third-order valence-electron chi connectivity index (χ3n) is 2.38. The summed E-state index contributed by atoms with van der Waals surface area (Å²) in [7, 11) is 1.75. The average molecular weight is 303 g/mol. The summed E-state index contributed by atoms with van der Waals surface area (Å²) < 4.78 is 2.46. The van der Waals surface area contributed by atoms with Gasteiger partial charge in [-0.05, 0) is 35.8 Å². The van der Waals surface area contributed by atoms with Gasteiger partial charge in [0.05, 0.1) is 0 Å². The Morgan fingerprint density at radius 3 is 2.47 bits per heavy atom. The molecule has 0 radical (unpaired) electrons. The summed E-state index contributed by atoms with van der Waals surface area (Å²) in [6.07, 6.45) is 1.76. The first-order valence-electron chi connectivity index (χ1n) is 5.17. The topological polar surface area (TPSA) is 62.5 Å². The van der Waals surface area contributed by atoms with Crippen LogP contribution < -0.4 is 0 Å². The zero-order valence-electron chi connectivity index (χ0n) is 9.98. The minimum atomic E-state index is -1.01. The molecular formula is C11H15BrN2O3. The molecule has 0 saturated carbocycles. The lowest BCUT2D eigenvalue weighted by Gasteiger charge is -2.24. The highest BCUT2D eigenvalue weighted by atomic mass is 79.9. The SMILES string of the molecule is CC(C)N(CC(=O)O)C(=O)c1cc(Br)cn1C. The van der Waals surface area contributed by atoms with E-state index >= 15 is 0 Å². The lowest BCUT2D eigenvalue weighted by Crippen LogP contribution is -2.41. The number of carbonyl (C=O) groups is 2. The zero-order chi connectivity index (χ0) is 13.2. The summed E-state index contributed by atoms with van der Waals surface area (Å²) in [6.45, 7) is 3.29. The van der Waals surface area contributed by atoms with Gasteiger partial charge in [0.15, 0.2) is 0 Å². The molecule has 1 amide bonds. The van der Waals surface area contributed by atoms with E-state index < -0.39 is 5.97 Å². The molecule has 6 heteroatoms. The van der Waals surface area contributed by atoms with Crippen molar-refractivity contribution in [3.05, 3.63) is 22.4 Å². The highest BCUT2D eigenvalue weighted by Gasteiger charge is 2.23. The molecule has 0 fully saturated rings. The van der Waals surface area contributed by atoms with Crippen LogP contribution in [-0.2, 0) is 11.8 Å². The van der Waals surface area contributed by atoms with Crippen molar-refractivity contribution in [2.24, 2.45) is 7.05 Å². The molecule has 0 atom stereocenters. The van der Waals surface area contributed by atoms with E-state index in [0.717, 1.165) is 4.47 Å². The highest BCUT2D eigenvalue weighted by Crippen LogP contribution is 2.16. The Labute approximate surface area is 108 Å². The van der Waals surface area contributed by atoms with Crippen LogP contribution in [0.3, 0.4) is 0 Å². The molecule has 1 aromatic rings. The maximum Gasteiger partial charge on any atom is 0.323 e. The number of hydrogen-bond acceptors (Lipinski definition) is 2. The predicted octanol–water partition coefficient (Wildman–Crippen LogP) is 1.72. The van der Waals surface area contributed by atoms with Gasteiger partial charge in [-0.15, -0.1) is 0 Å². The number of aromatic nitrogens is 1. The normalized spacial score (nSPS) is 10.6. The Hall–Kier alpha value is -1.30. The molecule has 0 spiro atoms. The summed E-state index contributed by atoms with van der Waals surface area (Å²) in [6, 6.07) is 1.52. The Morgan fingerprint density at radius 2 is 2.12 bits per heavy atom. The van der Waals surface area contributed by atoms with Gasteiger partial charge in [0, 0.05) is 23.8 Å². The number of nitrogens with zero attached hydrogens (tertiary/aromatic N) is 2. The molecular weight excluding hydrogens is 288 g/mol. The van der Waals surface area contributed by atoms with Crippen molar-refractivity contribution >= 4 is 27.8 Å². The molecule has 0 aliphatic heterocycles. The van der Waals surface area contributed by atoms with Crippen molar-refractivity contribution in [1.29, 1.82) is 0 Å². The van der Waals surface area contributed by atoms with Crippen LogP contribution in [0.25, 0.3) is 0 Å². The minimum Gasteiger partial charge on any atom is -0.480 e. The number of rotatable bonds is 4. The first-order valence-corrected chi connectivity index (χ1v) is 5.97. The quantitative estimate of drug-likeness (QED) is 0.921. The molecule has 0 aromatic carbocycles. The standard InChI is InChI=1S/C11H15BrN2O3/c1-7(2)14(6-10(15)16)11(17)9-4-8(12)5-13(9)3/h4-5,7H,6H2,1-3H3,(H,15,16). The van der Waals surface area contributed by atoms with Crippen LogP contribution in [0, 0.1) is 0 Å². The number of hydrogen-bond donors (Lipinski definition) is 1. The first-order chi connectivity index (χ1) is 7.82. The molecule has 1 rings (SSSR count). The molecule has 1 N–H and O–H groups in total. The van der Waals surface area contributed by atoms with Crippen LogP contribution in [0.1, 0.15) is 24.3 Å². The lowest BCUT2D eigenvalue weighted by molar-refractivity contribution is -0.138. The molecule has 0 saturated heterocycles. The maximum atomic E-state index is 12.2. The molecule has 0 aliphatic rings. The van der Waals surface area contributed by atoms with Crippen molar-refractivity contribution in [3.63, 3.8) is 0 Å². The second-order valence-corrected chi connectivity index (χ2v) is 4.99.